The molecule has 0 spiro atoms. The predicted molar refractivity (Wildman–Crippen MR) is 38.9 cm³/mol. The summed E-state index contributed by atoms with van der Waals surface area (Å²) in [5.41, 5.74) is 0. The summed E-state index contributed by atoms with van der Waals surface area (Å²) in [7, 11) is 0. The van der Waals surface area contributed by atoms with Gasteiger partial charge < -0.3 is 0 Å². The summed E-state index contributed by atoms with van der Waals surface area (Å²) in [5.74, 6) is 0. The van der Waals surface area contributed by atoms with Gasteiger partial charge in [0.2, 0.25) is 0 Å². The molecule has 0 aromatic heterocycles. The van der Waals surface area contributed by atoms with Gasteiger partial charge in [0, 0.05) is 12.8 Å². The van der Waals surface area contributed by atoms with Crippen LogP contribution in [0.3, 0.4) is 0 Å². The number of hydrogen-bond donors (Lipinski definition) is 0. The van der Waals surface area contributed by atoms with Crippen LogP contribution < -0.4 is 0 Å². The van der Waals surface area contributed by atoms with Crippen molar-refractivity contribution in [2.24, 2.45) is 0 Å². The van der Waals surface area contributed by atoms with Crippen molar-refractivity contribution in [3.8, 4) is 12.1 Å². The zero-order chi connectivity index (χ0) is 7.66. The second-order valence-corrected chi connectivity index (χ2v) is 2.23. The first kappa shape index (κ1) is 8.98. The zero-order valence-electron chi connectivity index (χ0n) is 6.14. The summed E-state index contributed by atoms with van der Waals surface area (Å²) < 4.78 is 0. The molecule has 0 unspecified atom stereocenters. The Hall–Kier alpha value is -1.02. The van der Waals surface area contributed by atoms with Crippen LogP contribution in [0.2, 0.25) is 0 Å². The molecule has 10 heavy (non-hydrogen) atoms. The first-order valence-corrected chi connectivity index (χ1v) is 3.65. The van der Waals surface area contributed by atoms with Crippen molar-refractivity contribution in [1.82, 2.24) is 0 Å². The lowest BCUT2D eigenvalue weighted by molar-refractivity contribution is 0.657. The van der Waals surface area contributed by atoms with Gasteiger partial charge in [0.25, 0.3) is 0 Å². The molecule has 0 aliphatic heterocycles. The Morgan fingerprint density at radius 1 is 0.700 bits per heavy atom. The monoisotopic (exact) mass is 136 g/mol. The van der Waals surface area contributed by atoms with Crippen molar-refractivity contribution >= 4 is 0 Å². The van der Waals surface area contributed by atoms with Crippen LogP contribution >= 0.6 is 0 Å². The molecule has 2 heteroatoms. The van der Waals surface area contributed by atoms with E-state index in [1.54, 1.807) is 0 Å². The van der Waals surface area contributed by atoms with Crippen LogP contribution in [0.4, 0.5) is 0 Å². The van der Waals surface area contributed by atoms with Gasteiger partial charge in [-0.1, -0.05) is 12.8 Å². The highest BCUT2D eigenvalue weighted by Gasteiger charge is 1.87. The highest BCUT2D eigenvalue weighted by molar-refractivity contribution is 4.70. The lowest BCUT2D eigenvalue weighted by atomic mass is 10.1. The second-order valence-electron chi connectivity index (χ2n) is 2.23. The molecular weight excluding hydrogens is 124 g/mol. The van der Waals surface area contributed by atoms with E-state index >= 15 is 0 Å². The molecule has 54 valence electrons. The van der Waals surface area contributed by atoms with Gasteiger partial charge >= 0.3 is 0 Å². The summed E-state index contributed by atoms with van der Waals surface area (Å²) in [6.07, 6.45) is 5.48. The number of hydrogen-bond acceptors (Lipinski definition) is 2. The van der Waals surface area contributed by atoms with E-state index in [2.05, 4.69) is 12.1 Å². The van der Waals surface area contributed by atoms with E-state index in [4.69, 9.17) is 10.5 Å². The molecule has 0 atom stereocenters. The van der Waals surface area contributed by atoms with Gasteiger partial charge in [-0.15, -0.1) is 0 Å². The second kappa shape index (κ2) is 7.98. The van der Waals surface area contributed by atoms with Gasteiger partial charge in [0.15, 0.2) is 0 Å². The third kappa shape index (κ3) is 6.98. The van der Waals surface area contributed by atoms with Crippen molar-refractivity contribution in [3.05, 3.63) is 0 Å². The van der Waals surface area contributed by atoms with E-state index in [9.17, 15) is 0 Å². The standard InChI is InChI=1S/C8H12N2/c9-7-5-3-1-2-4-6-8-10/h1-6H2. The molecule has 0 aliphatic carbocycles. The van der Waals surface area contributed by atoms with Crippen molar-refractivity contribution in [2.75, 3.05) is 0 Å². The summed E-state index contributed by atoms with van der Waals surface area (Å²) >= 11 is 0. The van der Waals surface area contributed by atoms with Gasteiger partial charge in [-0.05, 0) is 12.8 Å². The summed E-state index contributed by atoms with van der Waals surface area (Å²) in [6, 6.07) is 4.19. The topological polar surface area (TPSA) is 47.6 Å². The van der Waals surface area contributed by atoms with E-state index in [1.807, 2.05) is 0 Å². The van der Waals surface area contributed by atoms with Crippen LogP contribution in [0, 0.1) is 22.7 Å². The lowest BCUT2D eigenvalue weighted by Gasteiger charge is -1.92. The highest BCUT2D eigenvalue weighted by atomic mass is 14.2. The summed E-state index contributed by atoms with van der Waals surface area (Å²) in [5, 5.41) is 16.3. The fourth-order valence-electron chi connectivity index (χ4n) is 0.762. The molecule has 0 amide bonds. The van der Waals surface area contributed by atoms with E-state index < -0.39 is 0 Å². The van der Waals surface area contributed by atoms with Gasteiger partial charge in [-0.3, -0.25) is 0 Å². The molecule has 0 aromatic carbocycles. The maximum absolute atomic E-state index is 8.17. The Labute approximate surface area is 62.1 Å². The Morgan fingerprint density at radius 2 is 1.10 bits per heavy atom. The molecule has 0 aliphatic rings. The molecule has 0 saturated heterocycles. The number of nitriles is 2. The average molecular weight is 136 g/mol. The van der Waals surface area contributed by atoms with Crippen LogP contribution in [0.15, 0.2) is 0 Å². The van der Waals surface area contributed by atoms with Crippen LogP contribution in [0.5, 0.6) is 0 Å². The van der Waals surface area contributed by atoms with Crippen LogP contribution in [0.1, 0.15) is 38.5 Å². The first-order chi connectivity index (χ1) is 4.91. The van der Waals surface area contributed by atoms with Gasteiger partial charge in [-0.2, -0.15) is 10.5 Å². The molecule has 0 rings (SSSR count). The lowest BCUT2D eigenvalue weighted by Crippen LogP contribution is -1.76. The van der Waals surface area contributed by atoms with Crippen LogP contribution in [0.25, 0.3) is 0 Å². The SMILES string of the molecule is N#CCCCCCCC#N. The quantitative estimate of drug-likeness (QED) is 0.545. The zero-order valence-corrected chi connectivity index (χ0v) is 6.14. The van der Waals surface area contributed by atoms with Gasteiger partial charge in [0.1, 0.15) is 0 Å². The minimum atomic E-state index is 0.659. The van der Waals surface area contributed by atoms with Gasteiger partial charge in [0.05, 0.1) is 12.1 Å². The van der Waals surface area contributed by atoms with E-state index in [0.29, 0.717) is 12.8 Å². The molecule has 0 heterocycles. The Balaban J connectivity index is 2.80. The molecule has 0 aromatic rings. The molecular formula is C8H12N2. The fourth-order valence-corrected chi connectivity index (χ4v) is 0.762. The van der Waals surface area contributed by atoms with E-state index in [0.717, 1.165) is 25.7 Å². The smallest absolute Gasteiger partial charge is 0.0621 e. The largest absolute Gasteiger partial charge is 0.198 e. The minimum absolute atomic E-state index is 0.659. The van der Waals surface area contributed by atoms with Crippen LogP contribution in [-0.2, 0) is 0 Å². The predicted octanol–water partition coefficient (Wildman–Crippen LogP) is 2.37. The highest BCUT2D eigenvalue weighted by Crippen LogP contribution is 2.03. The van der Waals surface area contributed by atoms with Crippen LogP contribution in [-0.4, -0.2) is 0 Å². The maximum atomic E-state index is 8.17. The van der Waals surface area contributed by atoms with Crippen molar-refractivity contribution in [2.45, 2.75) is 38.5 Å². The Kier molecular flexibility index (Phi) is 7.17. The fraction of sp³-hybridized carbons (Fsp3) is 0.750. The number of unbranched alkanes of at least 4 members (excludes halogenated alkanes) is 5. The molecule has 0 fully saturated rings. The normalized spacial score (nSPS) is 8.20. The summed E-state index contributed by atoms with van der Waals surface area (Å²) in [4.78, 5) is 0. The molecule has 0 bridgehead atoms. The molecule has 0 N–H and O–H groups in total. The molecule has 0 saturated carbocycles. The number of rotatable bonds is 5. The minimum Gasteiger partial charge on any atom is -0.198 e. The molecule has 0 radical (unpaired) electrons. The third-order valence-electron chi connectivity index (χ3n) is 1.33. The third-order valence-corrected chi connectivity index (χ3v) is 1.33. The maximum Gasteiger partial charge on any atom is 0.0621 e. The Morgan fingerprint density at radius 3 is 1.40 bits per heavy atom. The molecule has 2 nitrogen and oxygen atoms in total. The van der Waals surface area contributed by atoms with E-state index in [1.165, 1.54) is 0 Å². The van der Waals surface area contributed by atoms with E-state index in [-0.39, 0.29) is 0 Å². The van der Waals surface area contributed by atoms with Crippen molar-refractivity contribution in [1.29, 1.82) is 10.5 Å². The average Bonchev–Trinajstić information content (AvgIpc) is 1.97. The van der Waals surface area contributed by atoms with Crippen molar-refractivity contribution in [3.63, 3.8) is 0 Å². The first-order valence-electron chi connectivity index (χ1n) is 3.65. The Bertz CT molecular complexity index is 120. The summed E-state index contributed by atoms with van der Waals surface area (Å²) in [6.45, 7) is 0. The number of nitrogens with zero attached hydrogens (tertiary/aromatic N) is 2. The van der Waals surface area contributed by atoms with Crippen molar-refractivity contribution < 1.29 is 0 Å². The van der Waals surface area contributed by atoms with Gasteiger partial charge in [-0.25, -0.2) is 0 Å².